The number of carbonyl (C=O) groups is 2. The van der Waals surface area contributed by atoms with Crippen LogP contribution in [-0.4, -0.2) is 71.1 Å². The number of carboxylic acids is 2. The van der Waals surface area contributed by atoms with Crippen molar-refractivity contribution in [3.63, 3.8) is 0 Å². The summed E-state index contributed by atoms with van der Waals surface area (Å²) in [5.74, 6) is -4.46. The van der Waals surface area contributed by atoms with E-state index in [1.807, 2.05) is 0 Å². The summed E-state index contributed by atoms with van der Waals surface area (Å²) in [5, 5.41) is 33.6. The fourth-order valence-electron chi connectivity index (χ4n) is 2.36. The second-order valence-electron chi connectivity index (χ2n) is 5.98. The first kappa shape index (κ1) is 20.7. The molecule has 0 aliphatic rings. The van der Waals surface area contributed by atoms with E-state index in [-0.39, 0.29) is 25.0 Å². The Labute approximate surface area is 151 Å². The Kier molecular flexibility index (Phi) is 6.94. The zero-order valence-corrected chi connectivity index (χ0v) is 14.6. The third-order valence-electron chi connectivity index (χ3n) is 4.07. The first-order valence-corrected chi connectivity index (χ1v) is 7.70. The van der Waals surface area contributed by atoms with Crippen LogP contribution >= 0.6 is 0 Å². The van der Waals surface area contributed by atoms with E-state index in [9.17, 15) is 19.8 Å². The second-order valence-corrected chi connectivity index (χ2v) is 5.98. The molecule has 0 aliphatic heterocycles. The number of rotatable bonds is 8. The number of guanidine groups is 2. The van der Waals surface area contributed by atoms with Gasteiger partial charge in [0.2, 0.25) is 0 Å². The van der Waals surface area contributed by atoms with Crippen LogP contribution in [0, 0.1) is 10.8 Å². The number of nitrogens with zero attached hydrogens (tertiary/aromatic N) is 2. The Hall–Kier alpha value is -3.30. The number of hydrogen-bond acceptors (Lipinski definition) is 4. The molecule has 0 aliphatic carbocycles. The summed E-state index contributed by atoms with van der Waals surface area (Å²) in [6, 6.07) is 6.19. The van der Waals surface area contributed by atoms with Crippen molar-refractivity contribution in [1.29, 1.82) is 10.8 Å². The van der Waals surface area contributed by atoms with Crippen LogP contribution in [0.5, 0.6) is 0 Å². The zero-order chi connectivity index (χ0) is 20.0. The van der Waals surface area contributed by atoms with Crippen LogP contribution in [0.25, 0.3) is 0 Å². The quantitative estimate of drug-likeness (QED) is 0.268. The van der Waals surface area contributed by atoms with Crippen molar-refractivity contribution in [2.45, 2.75) is 11.8 Å². The van der Waals surface area contributed by atoms with E-state index in [2.05, 4.69) is 0 Å². The molecule has 0 bridgehead atoms. The minimum Gasteiger partial charge on any atom is -0.481 e. The topological polar surface area (TPSA) is 181 Å². The number of aliphatic carboxylic acids is 2. The Balaban J connectivity index is 3.06. The third-order valence-corrected chi connectivity index (χ3v) is 4.07. The summed E-state index contributed by atoms with van der Waals surface area (Å²) in [6.07, 6.45) is 0. The molecular formula is C16H24N6O4. The molecule has 0 aromatic heterocycles. The normalized spacial score (nSPS) is 12.7. The molecule has 10 heteroatoms. The SMILES string of the molecule is CN(CC(C(=O)O)c1ccc(C(CN(C)C(=N)N)C(=O)O)cc1)C(=N)N. The maximum atomic E-state index is 11.5. The standard InChI is InChI=1S/C16H24N6O4/c1-21(15(17)18)7-11(13(23)24)9-3-5-10(6-4-9)12(14(25)26)8-22(2)16(19)20/h3-6,11-12H,7-8H2,1-2H3,(H3,17,18)(H3,19,20)(H,23,24)(H,25,26). The van der Waals surface area contributed by atoms with Crippen molar-refractivity contribution in [2.75, 3.05) is 27.2 Å². The monoisotopic (exact) mass is 364 g/mol. The van der Waals surface area contributed by atoms with E-state index in [0.29, 0.717) is 11.1 Å². The number of benzene rings is 1. The molecule has 10 nitrogen and oxygen atoms in total. The zero-order valence-electron chi connectivity index (χ0n) is 14.6. The maximum Gasteiger partial charge on any atom is 0.312 e. The van der Waals surface area contributed by atoms with Crippen molar-refractivity contribution in [2.24, 2.45) is 11.5 Å². The highest BCUT2D eigenvalue weighted by Gasteiger charge is 2.25. The predicted molar refractivity (Wildman–Crippen MR) is 96.3 cm³/mol. The summed E-state index contributed by atoms with van der Waals surface area (Å²) in [6.45, 7) is 0.0267. The lowest BCUT2D eigenvalue weighted by molar-refractivity contribution is -0.140. The molecule has 0 amide bonds. The fraction of sp³-hybridized carbons (Fsp3) is 0.375. The molecule has 1 aromatic rings. The molecular weight excluding hydrogens is 340 g/mol. The van der Waals surface area contributed by atoms with E-state index in [0.717, 1.165) is 0 Å². The lowest BCUT2D eigenvalue weighted by Crippen LogP contribution is -2.38. The van der Waals surface area contributed by atoms with Crippen LogP contribution in [0.4, 0.5) is 0 Å². The molecule has 0 spiro atoms. The number of nitrogens with one attached hydrogen (secondary N) is 2. The maximum absolute atomic E-state index is 11.5. The molecule has 1 aromatic carbocycles. The molecule has 0 fully saturated rings. The first-order chi connectivity index (χ1) is 12.0. The van der Waals surface area contributed by atoms with Gasteiger partial charge in [-0.2, -0.15) is 0 Å². The summed E-state index contributed by atoms with van der Waals surface area (Å²) in [4.78, 5) is 25.7. The molecule has 2 unspecified atom stereocenters. The molecule has 0 heterocycles. The smallest absolute Gasteiger partial charge is 0.312 e. The molecule has 0 saturated heterocycles. The minimum absolute atomic E-state index is 0.0133. The summed E-state index contributed by atoms with van der Waals surface area (Å²) in [7, 11) is 3.04. The lowest BCUT2D eigenvalue weighted by atomic mass is 9.93. The average Bonchev–Trinajstić information content (AvgIpc) is 2.56. The van der Waals surface area contributed by atoms with Gasteiger partial charge in [-0.05, 0) is 11.1 Å². The molecule has 8 N–H and O–H groups in total. The molecule has 142 valence electrons. The van der Waals surface area contributed by atoms with Gasteiger partial charge in [0.05, 0.1) is 11.8 Å². The second kappa shape index (κ2) is 8.70. The molecule has 1 rings (SSSR count). The number of nitrogens with two attached hydrogens (primary N) is 2. The highest BCUT2D eigenvalue weighted by molar-refractivity contribution is 5.80. The van der Waals surface area contributed by atoms with Crippen LogP contribution in [0.1, 0.15) is 23.0 Å². The Morgan fingerprint density at radius 3 is 1.35 bits per heavy atom. The lowest BCUT2D eigenvalue weighted by Gasteiger charge is -2.23. The van der Waals surface area contributed by atoms with E-state index < -0.39 is 23.8 Å². The van der Waals surface area contributed by atoms with Crippen molar-refractivity contribution >= 4 is 23.9 Å². The van der Waals surface area contributed by atoms with Gasteiger partial charge in [-0.1, -0.05) is 24.3 Å². The molecule has 0 saturated carbocycles. The summed E-state index contributed by atoms with van der Waals surface area (Å²) < 4.78 is 0. The largest absolute Gasteiger partial charge is 0.481 e. The van der Waals surface area contributed by atoms with Gasteiger partial charge in [0.15, 0.2) is 11.9 Å². The van der Waals surface area contributed by atoms with Gasteiger partial charge in [0, 0.05) is 27.2 Å². The number of likely N-dealkylation sites (N-methyl/N-ethyl adjacent to an activating group) is 2. The van der Waals surface area contributed by atoms with Gasteiger partial charge in [0.1, 0.15) is 0 Å². The van der Waals surface area contributed by atoms with Crippen LogP contribution in [0.15, 0.2) is 24.3 Å². The van der Waals surface area contributed by atoms with Crippen molar-refractivity contribution in [3.8, 4) is 0 Å². The highest BCUT2D eigenvalue weighted by atomic mass is 16.4. The Morgan fingerprint density at radius 1 is 0.885 bits per heavy atom. The van der Waals surface area contributed by atoms with E-state index in [1.54, 1.807) is 24.3 Å². The van der Waals surface area contributed by atoms with Crippen LogP contribution < -0.4 is 11.5 Å². The molecule has 0 radical (unpaired) electrons. The van der Waals surface area contributed by atoms with E-state index in [4.69, 9.17) is 22.3 Å². The van der Waals surface area contributed by atoms with E-state index >= 15 is 0 Å². The third kappa shape index (κ3) is 5.36. The van der Waals surface area contributed by atoms with Gasteiger partial charge in [-0.3, -0.25) is 20.4 Å². The van der Waals surface area contributed by atoms with Crippen LogP contribution in [-0.2, 0) is 9.59 Å². The van der Waals surface area contributed by atoms with Gasteiger partial charge in [0.25, 0.3) is 0 Å². The van der Waals surface area contributed by atoms with Gasteiger partial charge in [-0.15, -0.1) is 0 Å². The molecule has 26 heavy (non-hydrogen) atoms. The van der Waals surface area contributed by atoms with Crippen LogP contribution in [0.3, 0.4) is 0 Å². The van der Waals surface area contributed by atoms with Gasteiger partial charge in [-0.25, -0.2) is 0 Å². The fourth-order valence-corrected chi connectivity index (χ4v) is 2.36. The van der Waals surface area contributed by atoms with E-state index in [1.165, 1.54) is 23.9 Å². The number of hydrogen-bond donors (Lipinski definition) is 6. The minimum atomic E-state index is -1.07. The Morgan fingerprint density at radius 2 is 1.15 bits per heavy atom. The molecule has 2 atom stereocenters. The number of carboxylic acid groups (broad SMARTS) is 2. The predicted octanol–water partition coefficient (Wildman–Crippen LogP) is -0.326. The van der Waals surface area contributed by atoms with Crippen molar-refractivity contribution < 1.29 is 19.8 Å². The summed E-state index contributed by atoms with van der Waals surface area (Å²) >= 11 is 0. The van der Waals surface area contributed by atoms with Gasteiger partial charge >= 0.3 is 11.9 Å². The highest BCUT2D eigenvalue weighted by Crippen LogP contribution is 2.23. The first-order valence-electron chi connectivity index (χ1n) is 7.70. The van der Waals surface area contributed by atoms with Gasteiger partial charge < -0.3 is 31.5 Å². The van der Waals surface area contributed by atoms with Crippen molar-refractivity contribution in [1.82, 2.24) is 9.80 Å². The van der Waals surface area contributed by atoms with Crippen molar-refractivity contribution in [3.05, 3.63) is 35.4 Å². The Bertz CT molecular complexity index is 631. The average molecular weight is 364 g/mol. The van der Waals surface area contributed by atoms with Crippen LogP contribution in [0.2, 0.25) is 0 Å². The summed E-state index contributed by atoms with van der Waals surface area (Å²) in [5.41, 5.74) is 11.6.